The first-order chi connectivity index (χ1) is 16.2. The number of aromatic nitrogens is 2. The summed E-state index contributed by atoms with van der Waals surface area (Å²) >= 11 is 0. The number of hydrogen-bond acceptors (Lipinski definition) is 3. The lowest BCUT2D eigenvalue weighted by Gasteiger charge is -2.21. The van der Waals surface area contributed by atoms with Crippen molar-refractivity contribution in [3.63, 3.8) is 0 Å². The Balaban J connectivity index is 1.59. The Kier molecular flexibility index (Phi) is 6.65. The summed E-state index contributed by atoms with van der Waals surface area (Å²) in [7, 11) is 0. The van der Waals surface area contributed by atoms with Crippen LogP contribution in [0.5, 0.6) is 0 Å². The Bertz CT molecular complexity index is 1400. The first-order valence-corrected chi connectivity index (χ1v) is 11.2. The van der Waals surface area contributed by atoms with Crippen molar-refractivity contribution in [2.75, 3.05) is 0 Å². The number of amides is 1. The third-order valence-electron chi connectivity index (χ3n) is 6.08. The maximum absolute atomic E-state index is 13.2. The molecule has 3 aromatic heterocycles. The lowest BCUT2D eigenvalue weighted by Crippen LogP contribution is -2.29. The zero-order valence-electron chi connectivity index (χ0n) is 19.7. The van der Waals surface area contributed by atoms with Gasteiger partial charge in [-0.25, -0.2) is 4.39 Å². The lowest BCUT2D eigenvalue weighted by molar-refractivity contribution is 0.0485. The van der Waals surface area contributed by atoms with E-state index < -0.39 is 0 Å². The highest BCUT2D eigenvalue weighted by Crippen LogP contribution is 2.27. The molecule has 2 N–H and O–H groups in total. The monoisotopic (exact) mass is 461 g/mol. The number of H-pyrrole nitrogens is 1. The standard InChI is InChI=1S/C27H28FN3O3/c1-16-12-17(2)30-27(33)24(16)14-29-26(32)23-13-22-6-5-11-31(22)25(18(23)3)19(4)34-15-20-7-9-21(28)10-8-20/h5-13,19H,14-15H2,1-4H3,(H,29,32)(H,30,33). The first kappa shape index (κ1) is 23.4. The molecule has 0 spiro atoms. The summed E-state index contributed by atoms with van der Waals surface area (Å²) in [5.74, 6) is -0.546. The Morgan fingerprint density at radius 3 is 2.59 bits per heavy atom. The van der Waals surface area contributed by atoms with E-state index in [-0.39, 0.29) is 29.9 Å². The van der Waals surface area contributed by atoms with Gasteiger partial charge in [-0.05, 0) is 80.8 Å². The molecule has 1 amide bonds. The van der Waals surface area contributed by atoms with Gasteiger partial charge < -0.3 is 19.4 Å². The average molecular weight is 462 g/mol. The van der Waals surface area contributed by atoms with Crippen molar-refractivity contribution in [2.45, 2.75) is 47.0 Å². The van der Waals surface area contributed by atoms with Crippen LogP contribution in [0, 0.1) is 26.6 Å². The van der Waals surface area contributed by atoms with Crippen molar-refractivity contribution >= 4 is 11.4 Å². The Morgan fingerprint density at radius 2 is 1.88 bits per heavy atom. The third-order valence-corrected chi connectivity index (χ3v) is 6.08. The zero-order chi connectivity index (χ0) is 24.4. The Labute approximate surface area is 197 Å². The molecule has 0 saturated carbocycles. The summed E-state index contributed by atoms with van der Waals surface area (Å²) in [4.78, 5) is 28.3. The van der Waals surface area contributed by atoms with Crippen LogP contribution in [0.2, 0.25) is 0 Å². The molecule has 0 fully saturated rings. The van der Waals surface area contributed by atoms with E-state index in [2.05, 4.69) is 10.3 Å². The predicted octanol–water partition coefficient (Wildman–Crippen LogP) is 4.90. The molecule has 3 heterocycles. The van der Waals surface area contributed by atoms with Crippen LogP contribution in [0.1, 0.15) is 57.0 Å². The van der Waals surface area contributed by atoms with Crippen LogP contribution in [0.3, 0.4) is 0 Å². The van der Waals surface area contributed by atoms with Crippen LogP contribution in [-0.4, -0.2) is 15.3 Å². The SMILES string of the molecule is Cc1cc(C)c(CNC(=O)c2cc3cccn3c(C(C)OCc3ccc(F)cc3)c2C)c(=O)[nH]1. The summed E-state index contributed by atoms with van der Waals surface area (Å²) in [6.07, 6.45) is 1.61. The van der Waals surface area contributed by atoms with Crippen molar-refractivity contribution in [2.24, 2.45) is 0 Å². The number of carbonyl (C=O) groups is 1. The van der Waals surface area contributed by atoms with Crippen molar-refractivity contribution in [1.82, 2.24) is 14.7 Å². The molecule has 6 nitrogen and oxygen atoms in total. The second kappa shape index (κ2) is 9.65. The van der Waals surface area contributed by atoms with Gasteiger partial charge in [-0.1, -0.05) is 12.1 Å². The number of hydrogen-bond donors (Lipinski definition) is 2. The van der Waals surface area contributed by atoms with E-state index in [4.69, 9.17) is 4.74 Å². The highest BCUT2D eigenvalue weighted by atomic mass is 19.1. The topological polar surface area (TPSA) is 75.6 Å². The van der Waals surface area contributed by atoms with E-state index in [9.17, 15) is 14.0 Å². The second-order valence-electron chi connectivity index (χ2n) is 8.58. The van der Waals surface area contributed by atoms with E-state index in [0.29, 0.717) is 17.7 Å². The number of pyridine rings is 2. The van der Waals surface area contributed by atoms with Gasteiger partial charge in [-0.15, -0.1) is 0 Å². The van der Waals surface area contributed by atoms with Gasteiger partial charge in [0.25, 0.3) is 11.5 Å². The number of nitrogens with zero attached hydrogens (tertiary/aromatic N) is 1. The minimum atomic E-state index is -0.324. The minimum Gasteiger partial charge on any atom is -0.368 e. The average Bonchev–Trinajstić information content (AvgIpc) is 3.25. The van der Waals surface area contributed by atoms with E-state index in [1.807, 2.05) is 62.6 Å². The number of ether oxygens (including phenoxy) is 1. The number of carbonyl (C=O) groups excluding carboxylic acids is 1. The molecule has 1 aromatic carbocycles. The van der Waals surface area contributed by atoms with Gasteiger partial charge in [0.15, 0.2) is 0 Å². The number of aromatic amines is 1. The van der Waals surface area contributed by atoms with Crippen molar-refractivity contribution < 1.29 is 13.9 Å². The number of fused-ring (bicyclic) bond motifs is 1. The molecule has 0 aliphatic carbocycles. The van der Waals surface area contributed by atoms with Gasteiger partial charge in [0.1, 0.15) is 5.82 Å². The lowest BCUT2D eigenvalue weighted by atomic mass is 10.0. The van der Waals surface area contributed by atoms with Crippen LogP contribution in [0.25, 0.3) is 5.52 Å². The van der Waals surface area contributed by atoms with Gasteiger partial charge in [0, 0.05) is 35.1 Å². The summed E-state index contributed by atoms with van der Waals surface area (Å²) < 4.78 is 21.3. The van der Waals surface area contributed by atoms with Crippen LogP contribution in [-0.2, 0) is 17.9 Å². The smallest absolute Gasteiger partial charge is 0.253 e. The van der Waals surface area contributed by atoms with Crippen LogP contribution < -0.4 is 10.9 Å². The van der Waals surface area contributed by atoms with Gasteiger partial charge in [-0.3, -0.25) is 9.59 Å². The first-order valence-electron chi connectivity index (χ1n) is 11.2. The van der Waals surface area contributed by atoms with Crippen LogP contribution >= 0.6 is 0 Å². The summed E-state index contributed by atoms with van der Waals surface area (Å²) in [6, 6.07) is 13.8. The molecule has 4 rings (SSSR count). The molecule has 0 aliphatic rings. The van der Waals surface area contributed by atoms with Crippen LogP contribution in [0.4, 0.5) is 4.39 Å². The molecule has 4 aromatic rings. The Hall–Kier alpha value is -3.71. The molecule has 0 radical (unpaired) electrons. The highest BCUT2D eigenvalue weighted by Gasteiger charge is 2.20. The molecule has 1 unspecified atom stereocenters. The molecular weight excluding hydrogens is 433 g/mol. The van der Waals surface area contributed by atoms with Crippen molar-refractivity contribution in [1.29, 1.82) is 0 Å². The molecule has 0 bridgehead atoms. The molecule has 1 atom stereocenters. The Morgan fingerprint density at radius 1 is 1.15 bits per heavy atom. The molecule has 0 saturated heterocycles. The maximum atomic E-state index is 13.2. The van der Waals surface area contributed by atoms with E-state index in [1.165, 1.54) is 12.1 Å². The van der Waals surface area contributed by atoms with Crippen molar-refractivity contribution in [3.05, 3.63) is 110 Å². The van der Waals surface area contributed by atoms with Gasteiger partial charge in [0.2, 0.25) is 0 Å². The van der Waals surface area contributed by atoms with Gasteiger partial charge >= 0.3 is 0 Å². The summed E-state index contributed by atoms with van der Waals surface area (Å²) in [5.41, 5.74) is 5.88. The normalized spacial score (nSPS) is 12.1. The van der Waals surface area contributed by atoms with Crippen molar-refractivity contribution in [3.8, 4) is 0 Å². The predicted molar refractivity (Wildman–Crippen MR) is 129 cm³/mol. The third kappa shape index (κ3) is 4.79. The maximum Gasteiger partial charge on any atom is 0.253 e. The van der Waals surface area contributed by atoms with Crippen LogP contribution in [0.15, 0.2) is 59.5 Å². The summed E-state index contributed by atoms with van der Waals surface area (Å²) in [6.45, 7) is 7.97. The highest BCUT2D eigenvalue weighted by molar-refractivity contribution is 5.97. The van der Waals surface area contributed by atoms with E-state index in [1.54, 1.807) is 12.1 Å². The fourth-order valence-corrected chi connectivity index (χ4v) is 4.29. The van der Waals surface area contributed by atoms with Gasteiger partial charge in [0.05, 0.1) is 18.4 Å². The molecule has 7 heteroatoms. The zero-order valence-corrected chi connectivity index (χ0v) is 19.7. The van der Waals surface area contributed by atoms with E-state index in [0.717, 1.165) is 33.6 Å². The largest absolute Gasteiger partial charge is 0.368 e. The number of aryl methyl sites for hydroxylation is 2. The molecule has 34 heavy (non-hydrogen) atoms. The van der Waals surface area contributed by atoms with Gasteiger partial charge in [-0.2, -0.15) is 0 Å². The molecule has 0 aliphatic heterocycles. The number of rotatable bonds is 7. The number of nitrogens with one attached hydrogen (secondary N) is 2. The second-order valence-corrected chi connectivity index (χ2v) is 8.58. The minimum absolute atomic E-state index is 0.137. The number of halogens is 1. The quantitative estimate of drug-likeness (QED) is 0.411. The molecular formula is C27H28FN3O3. The summed E-state index contributed by atoms with van der Waals surface area (Å²) in [5, 5.41) is 2.90. The fourth-order valence-electron chi connectivity index (χ4n) is 4.29. The van der Waals surface area contributed by atoms with E-state index >= 15 is 0 Å². The fraction of sp³-hybridized carbons (Fsp3) is 0.259. The number of benzene rings is 1. The molecule has 176 valence electrons.